The Kier molecular flexibility index (Phi) is 8.18. The normalized spacial score (nSPS) is 15.6. The summed E-state index contributed by atoms with van der Waals surface area (Å²) in [5.74, 6) is -0.431. The van der Waals surface area contributed by atoms with E-state index in [2.05, 4.69) is 65.8 Å². The minimum Gasteiger partial charge on any atom is -0.504 e. The van der Waals surface area contributed by atoms with Crippen molar-refractivity contribution in [3.8, 4) is 23.0 Å². The molecule has 0 aromatic heterocycles. The average Bonchev–Trinajstić information content (AvgIpc) is 3.46. The van der Waals surface area contributed by atoms with E-state index in [1.165, 1.54) is 0 Å². The zero-order valence-corrected chi connectivity index (χ0v) is 31.0. The number of fused-ring (bicyclic) bond motifs is 2. The van der Waals surface area contributed by atoms with Crippen molar-refractivity contribution >= 4 is 55.5 Å². The highest BCUT2D eigenvalue weighted by atomic mass is 32.2. The van der Waals surface area contributed by atoms with E-state index < -0.39 is 5.41 Å². The van der Waals surface area contributed by atoms with Crippen molar-refractivity contribution in [1.82, 2.24) is 0 Å². The first-order valence-corrected chi connectivity index (χ1v) is 18.1. The maximum absolute atomic E-state index is 13.5. The van der Waals surface area contributed by atoms with Crippen molar-refractivity contribution in [2.24, 2.45) is 0 Å². The summed E-state index contributed by atoms with van der Waals surface area (Å²) in [5.41, 5.74) is 1.44. The summed E-state index contributed by atoms with van der Waals surface area (Å²) in [6.45, 7) is 24.6. The zero-order chi connectivity index (χ0) is 32.9. The zero-order valence-electron chi connectivity index (χ0n) is 27.7. The van der Waals surface area contributed by atoms with E-state index in [0.29, 0.717) is 5.56 Å². The molecule has 5 rings (SSSR count). The predicted molar refractivity (Wildman–Crippen MR) is 189 cm³/mol. The Labute approximate surface area is 278 Å². The number of phenols is 3. The van der Waals surface area contributed by atoms with Crippen LogP contribution in [0.25, 0.3) is 8.47 Å². The molecule has 0 saturated heterocycles. The van der Waals surface area contributed by atoms with Crippen LogP contribution in [0.5, 0.6) is 23.0 Å². The Balaban J connectivity index is 1.65. The first-order chi connectivity index (χ1) is 20.0. The smallest absolute Gasteiger partial charge is 0.225 e. The fourth-order valence-corrected chi connectivity index (χ4v) is 12.3. The van der Waals surface area contributed by atoms with E-state index in [9.17, 15) is 20.4 Å². The van der Waals surface area contributed by atoms with Gasteiger partial charge in [0.25, 0.3) is 0 Å². The molecule has 0 atom stereocenters. The highest BCUT2D eigenvalue weighted by Gasteiger charge is 2.40. The van der Waals surface area contributed by atoms with Crippen LogP contribution in [0.1, 0.15) is 105 Å². The Bertz CT molecular complexity index is 1570. The average molecular weight is 668 g/mol. The molecule has 0 unspecified atom stereocenters. The second-order valence-electron chi connectivity index (χ2n) is 15.8. The lowest BCUT2D eigenvalue weighted by Gasteiger charge is -2.29. The number of phenolic OH excluding ortho intramolecular Hbond substituents is 3. The van der Waals surface area contributed by atoms with Gasteiger partial charge in [-0.15, -0.1) is 0 Å². The number of benzene rings is 3. The summed E-state index contributed by atoms with van der Waals surface area (Å²) >= 11 is 6.61. The molecule has 0 aliphatic carbocycles. The van der Waals surface area contributed by atoms with Gasteiger partial charge in [0.05, 0.1) is 8.47 Å². The van der Waals surface area contributed by atoms with Gasteiger partial charge in [0.2, 0.25) is 5.75 Å². The summed E-state index contributed by atoms with van der Waals surface area (Å²) in [4.78, 5) is 3.99. The molecule has 0 spiro atoms. The Morgan fingerprint density at radius 1 is 0.432 bits per heavy atom. The van der Waals surface area contributed by atoms with E-state index in [0.717, 1.165) is 55.2 Å². The van der Waals surface area contributed by atoms with Crippen LogP contribution in [-0.4, -0.2) is 15.3 Å². The number of hydrogen-bond donors (Lipinski definition) is 3. The van der Waals surface area contributed by atoms with Gasteiger partial charge >= 0.3 is 0 Å². The number of thioether (sulfide) groups is 4. The van der Waals surface area contributed by atoms with Crippen LogP contribution in [0.3, 0.4) is 0 Å². The molecule has 2 heterocycles. The maximum Gasteiger partial charge on any atom is 0.225 e. The van der Waals surface area contributed by atoms with Gasteiger partial charge in [-0.2, -0.15) is 0 Å². The summed E-state index contributed by atoms with van der Waals surface area (Å²) < 4.78 is 2.20. The van der Waals surface area contributed by atoms with Crippen LogP contribution < -0.4 is 10.4 Å². The van der Waals surface area contributed by atoms with Crippen molar-refractivity contribution in [1.29, 1.82) is 0 Å². The van der Waals surface area contributed by atoms with Crippen molar-refractivity contribution in [3.63, 3.8) is 0 Å². The molecule has 0 amide bonds. The molecule has 2 aliphatic rings. The van der Waals surface area contributed by atoms with Gasteiger partial charge in [0.15, 0.2) is 17.2 Å². The molecule has 235 valence electrons. The van der Waals surface area contributed by atoms with Gasteiger partial charge in [0.1, 0.15) is 0 Å². The second kappa shape index (κ2) is 10.8. The number of rotatable bonds is 0. The van der Waals surface area contributed by atoms with Gasteiger partial charge in [-0.3, -0.25) is 5.11 Å². The molecule has 0 saturated carbocycles. The van der Waals surface area contributed by atoms with Gasteiger partial charge in [-0.05, 0) is 32.1 Å². The van der Waals surface area contributed by atoms with Crippen LogP contribution in [0.15, 0.2) is 43.8 Å². The minimum atomic E-state index is -0.412. The Hall–Kier alpha value is -2.00. The summed E-state index contributed by atoms with van der Waals surface area (Å²) in [6.07, 6.45) is 0. The van der Waals surface area contributed by atoms with E-state index in [4.69, 9.17) is 0 Å². The number of aromatic hydroxyl groups is 3. The molecule has 1 radical (unpaired) electrons. The predicted octanol–water partition coefficient (Wildman–Crippen LogP) is 10.1. The Morgan fingerprint density at radius 3 is 0.955 bits per heavy atom. The van der Waals surface area contributed by atoms with Gasteiger partial charge < -0.3 is 15.3 Å². The highest BCUT2D eigenvalue weighted by molar-refractivity contribution is 8.32. The highest BCUT2D eigenvalue weighted by Crippen LogP contribution is 2.64. The molecule has 3 aromatic carbocycles. The lowest BCUT2D eigenvalue weighted by molar-refractivity contribution is 0.303. The second-order valence-corrected chi connectivity index (χ2v) is 20.4. The Morgan fingerprint density at radius 2 is 0.682 bits per heavy atom. The molecule has 0 bridgehead atoms. The molecule has 4 nitrogen and oxygen atoms in total. The van der Waals surface area contributed by atoms with Crippen molar-refractivity contribution in [2.45, 2.75) is 124 Å². The molecular formula is C36H43O4S4. The SMILES string of the molecule is CC(C)(C)c1c([O])c(O)c(C(C)(C)C)c2c1SC(=c1ccc(=C3Sc4c(c(C(C)(C)C)c(O)c(O)c4C(C)(C)C)S3)cc1)S2. The quantitative estimate of drug-likeness (QED) is 0.206. The minimum absolute atomic E-state index is 0.0198. The van der Waals surface area contributed by atoms with Crippen LogP contribution in [-0.2, 0) is 26.8 Å². The molecule has 44 heavy (non-hydrogen) atoms. The summed E-state index contributed by atoms with van der Waals surface area (Å²) in [5, 5.41) is 49.1. The lowest BCUT2D eigenvalue weighted by Crippen LogP contribution is -2.18. The number of hydrogen-bond acceptors (Lipinski definition) is 7. The molecule has 0 fully saturated rings. The first kappa shape index (κ1) is 33.4. The van der Waals surface area contributed by atoms with Crippen LogP contribution in [0.4, 0.5) is 0 Å². The van der Waals surface area contributed by atoms with Crippen LogP contribution in [0.2, 0.25) is 0 Å². The molecular weight excluding hydrogens is 625 g/mol. The van der Waals surface area contributed by atoms with E-state index in [-0.39, 0.29) is 39.2 Å². The van der Waals surface area contributed by atoms with E-state index in [1.807, 2.05) is 41.5 Å². The van der Waals surface area contributed by atoms with E-state index in [1.54, 1.807) is 47.0 Å². The summed E-state index contributed by atoms with van der Waals surface area (Å²) in [7, 11) is 0. The molecule has 3 N–H and O–H groups in total. The molecule has 8 heteroatoms. The lowest BCUT2D eigenvalue weighted by atomic mass is 9.80. The third-order valence-corrected chi connectivity index (χ3v) is 13.2. The maximum atomic E-state index is 13.5. The topological polar surface area (TPSA) is 80.6 Å². The van der Waals surface area contributed by atoms with Gasteiger partial charge in [0, 0.05) is 41.8 Å². The van der Waals surface area contributed by atoms with Crippen molar-refractivity contribution in [3.05, 3.63) is 57.0 Å². The fourth-order valence-electron chi connectivity index (χ4n) is 5.90. The third kappa shape index (κ3) is 5.62. The fraction of sp³-hybridized carbons (Fsp3) is 0.444. The standard InChI is InChI=1S/C36H43O4S4/c1-33(2,3)19-23(37)24(38)20(34(4,5)6)28-27(19)41-31(42-28)17-13-15-18(16-14-17)32-43-29-21(35(7,8)9)25(39)26(40)22(30(29)44-32)36(10,11)12/h13-16,37-39H,1-12H3. The first-order valence-electron chi connectivity index (χ1n) is 14.8. The monoisotopic (exact) mass is 667 g/mol. The molecule has 2 aliphatic heterocycles. The summed E-state index contributed by atoms with van der Waals surface area (Å²) in [6, 6.07) is 8.52. The van der Waals surface area contributed by atoms with E-state index >= 15 is 0 Å². The molecule has 3 aromatic rings. The third-order valence-electron chi connectivity index (χ3n) is 7.83. The van der Waals surface area contributed by atoms with Crippen molar-refractivity contribution in [2.75, 3.05) is 0 Å². The van der Waals surface area contributed by atoms with Crippen LogP contribution in [0, 0.1) is 0 Å². The van der Waals surface area contributed by atoms with Crippen molar-refractivity contribution < 1.29 is 20.4 Å². The van der Waals surface area contributed by atoms with Crippen LogP contribution >= 0.6 is 47.0 Å². The van der Waals surface area contributed by atoms with Gasteiger partial charge in [-0.25, -0.2) is 0 Å². The largest absolute Gasteiger partial charge is 0.504 e. The van der Waals surface area contributed by atoms with Gasteiger partial charge in [-0.1, -0.05) is 154 Å².